The van der Waals surface area contributed by atoms with Crippen molar-refractivity contribution in [3.8, 4) is 0 Å². The van der Waals surface area contributed by atoms with Crippen molar-refractivity contribution in [1.29, 1.82) is 0 Å². The average Bonchev–Trinajstić information content (AvgIpc) is 2.81. The molecular formula is C18H23F3N2O2. The van der Waals surface area contributed by atoms with Gasteiger partial charge in [-0.2, -0.15) is 0 Å². The van der Waals surface area contributed by atoms with Crippen molar-refractivity contribution in [3.05, 3.63) is 35.1 Å². The van der Waals surface area contributed by atoms with Crippen LogP contribution in [0, 0.1) is 12.7 Å². The lowest BCUT2D eigenvalue weighted by atomic mass is 10.0. The molecule has 0 N–H and O–H groups in total. The van der Waals surface area contributed by atoms with Gasteiger partial charge in [-0.1, -0.05) is 6.07 Å². The minimum atomic E-state index is -2.72. The van der Waals surface area contributed by atoms with Crippen LogP contribution in [0.5, 0.6) is 0 Å². The Morgan fingerprint density at radius 1 is 1.36 bits per heavy atom. The number of carbonyl (C=O) groups is 1. The lowest BCUT2D eigenvalue weighted by molar-refractivity contribution is -0.0148. The third-order valence-corrected chi connectivity index (χ3v) is 4.97. The van der Waals surface area contributed by atoms with Crippen molar-refractivity contribution in [2.24, 2.45) is 0 Å². The summed E-state index contributed by atoms with van der Waals surface area (Å²) in [6, 6.07) is 3.97. The van der Waals surface area contributed by atoms with Crippen LogP contribution in [0.15, 0.2) is 18.2 Å². The van der Waals surface area contributed by atoms with E-state index >= 15 is 0 Å². The van der Waals surface area contributed by atoms with Gasteiger partial charge >= 0.3 is 0 Å². The van der Waals surface area contributed by atoms with Crippen LogP contribution in [0.2, 0.25) is 0 Å². The number of benzene rings is 1. The van der Waals surface area contributed by atoms with E-state index in [1.54, 1.807) is 28.9 Å². The van der Waals surface area contributed by atoms with Gasteiger partial charge in [-0.3, -0.25) is 9.69 Å². The van der Waals surface area contributed by atoms with Crippen molar-refractivity contribution < 1.29 is 22.7 Å². The summed E-state index contributed by atoms with van der Waals surface area (Å²) in [5.41, 5.74) is 0.773. The first kappa shape index (κ1) is 18.2. The molecule has 138 valence electrons. The van der Waals surface area contributed by atoms with Crippen molar-refractivity contribution in [1.82, 2.24) is 9.80 Å². The molecule has 0 spiro atoms. The first-order valence-electron chi connectivity index (χ1n) is 8.57. The Morgan fingerprint density at radius 3 is 2.72 bits per heavy atom. The number of alkyl halides is 2. The predicted octanol–water partition coefficient (Wildman–Crippen LogP) is 2.70. The molecule has 25 heavy (non-hydrogen) atoms. The highest BCUT2D eigenvalue weighted by Gasteiger charge is 2.50. The van der Waals surface area contributed by atoms with Crippen molar-refractivity contribution in [2.75, 3.05) is 32.8 Å². The second kappa shape index (κ2) is 6.96. The van der Waals surface area contributed by atoms with Gasteiger partial charge in [0.25, 0.3) is 11.8 Å². The molecule has 0 radical (unpaired) electrons. The summed E-state index contributed by atoms with van der Waals surface area (Å²) in [6.45, 7) is 4.71. The number of amides is 1. The highest BCUT2D eigenvalue weighted by Crippen LogP contribution is 2.35. The molecule has 0 saturated carbocycles. The molecule has 2 saturated heterocycles. The number of ether oxygens (including phenoxy) is 1. The van der Waals surface area contributed by atoms with Crippen molar-refractivity contribution in [3.63, 3.8) is 0 Å². The van der Waals surface area contributed by atoms with Crippen molar-refractivity contribution in [2.45, 2.75) is 38.3 Å². The maximum atomic E-state index is 13.8. The molecule has 2 aliphatic rings. The molecule has 2 heterocycles. The van der Waals surface area contributed by atoms with Crippen LogP contribution < -0.4 is 0 Å². The number of hydrogen-bond donors (Lipinski definition) is 0. The SMILES string of the molecule is CCOC[C@@H]1CC(F)(F)CN1C1CN(C(=O)c2ccc(C)c(F)c2)C1. The smallest absolute Gasteiger partial charge is 0.262 e. The highest BCUT2D eigenvalue weighted by molar-refractivity contribution is 5.94. The fourth-order valence-electron chi connectivity index (χ4n) is 3.50. The number of carbonyl (C=O) groups excluding carboxylic acids is 1. The quantitative estimate of drug-likeness (QED) is 0.813. The molecule has 2 fully saturated rings. The van der Waals surface area contributed by atoms with Gasteiger partial charge in [-0.25, -0.2) is 13.2 Å². The first-order chi connectivity index (χ1) is 11.8. The summed E-state index contributed by atoms with van der Waals surface area (Å²) in [4.78, 5) is 15.7. The second-order valence-corrected chi connectivity index (χ2v) is 6.87. The zero-order valence-corrected chi connectivity index (χ0v) is 14.5. The van der Waals surface area contributed by atoms with Crippen LogP contribution in [-0.2, 0) is 4.74 Å². The van der Waals surface area contributed by atoms with E-state index in [-0.39, 0.29) is 37.6 Å². The first-order valence-corrected chi connectivity index (χ1v) is 8.57. The number of halogens is 3. The number of rotatable bonds is 5. The molecule has 4 nitrogen and oxygen atoms in total. The van der Waals surface area contributed by atoms with Gasteiger partial charge in [0.05, 0.1) is 13.2 Å². The molecule has 0 aliphatic carbocycles. The molecule has 3 rings (SSSR count). The van der Waals surface area contributed by atoms with Crippen LogP contribution in [0.4, 0.5) is 13.2 Å². The van der Waals surface area contributed by atoms with Gasteiger partial charge in [0.15, 0.2) is 0 Å². The Kier molecular flexibility index (Phi) is 5.06. The summed E-state index contributed by atoms with van der Waals surface area (Å²) < 4.78 is 46.5. The van der Waals surface area contributed by atoms with Gasteiger partial charge in [-0.15, -0.1) is 0 Å². The Labute approximate surface area is 145 Å². The lowest BCUT2D eigenvalue weighted by Crippen LogP contribution is -2.62. The molecule has 2 aliphatic heterocycles. The van der Waals surface area contributed by atoms with Crippen molar-refractivity contribution >= 4 is 5.91 Å². The van der Waals surface area contributed by atoms with Crippen LogP contribution in [0.3, 0.4) is 0 Å². The van der Waals surface area contributed by atoms with Gasteiger partial charge < -0.3 is 9.64 Å². The summed E-state index contributed by atoms with van der Waals surface area (Å²) in [6.07, 6.45) is -0.208. The monoisotopic (exact) mass is 356 g/mol. The zero-order valence-electron chi connectivity index (χ0n) is 14.5. The van der Waals surface area contributed by atoms with E-state index < -0.39 is 11.7 Å². The number of likely N-dealkylation sites (tertiary alicyclic amines) is 2. The molecule has 1 amide bonds. The van der Waals surface area contributed by atoms with E-state index in [9.17, 15) is 18.0 Å². The van der Waals surface area contributed by atoms with Gasteiger partial charge in [-0.05, 0) is 31.5 Å². The molecule has 1 aromatic rings. The minimum Gasteiger partial charge on any atom is -0.380 e. The Balaban J connectivity index is 1.60. The number of aryl methyl sites for hydroxylation is 1. The fraction of sp³-hybridized carbons (Fsp3) is 0.611. The second-order valence-electron chi connectivity index (χ2n) is 6.87. The van der Waals surface area contributed by atoms with Crippen LogP contribution in [0.1, 0.15) is 29.3 Å². The Morgan fingerprint density at radius 2 is 2.08 bits per heavy atom. The van der Waals surface area contributed by atoms with Crippen LogP contribution in [-0.4, -0.2) is 66.6 Å². The van der Waals surface area contributed by atoms with Crippen LogP contribution in [0.25, 0.3) is 0 Å². The third-order valence-electron chi connectivity index (χ3n) is 4.97. The van der Waals surface area contributed by atoms with Gasteiger partial charge in [0, 0.05) is 43.8 Å². The van der Waals surface area contributed by atoms with E-state index in [2.05, 4.69) is 0 Å². The molecule has 0 aromatic heterocycles. The summed E-state index contributed by atoms with van der Waals surface area (Å²) in [5, 5.41) is 0. The molecule has 7 heteroatoms. The number of hydrogen-bond acceptors (Lipinski definition) is 3. The predicted molar refractivity (Wildman–Crippen MR) is 87.4 cm³/mol. The van der Waals surface area contributed by atoms with E-state index in [1.165, 1.54) is 6.07 Å². The zero-order chi connectivity index (χ0) is 18.2. The van der Waals surface area contributed by atoms with Gasteiger partial charge in [0.2, 0.25) is 0 Å². The molecule has 1 aromatic carbocycles. The fourth-order valence-corrected chi connectivity index (χ4v) is 3.50. The summed E-state index contributed by atoms with van der Waals surface area (Å²) in [7, 11) is 0. The maximum Gasteiger partial charge on any atom is 0.262 e. The molecule has 0 unspecified atom stereocenters. The van der Waals surface area contributed by atoms with E-state index in [1.807, 2.05) is 6.92 Å². The largest absolute Gasteiger partial charge is 0.380 e. The van der Waals surface area contributed by atoms with Gasteiger partial charge in [0.1, 0.15) is 5.82 Å². The number of nitrogens with zero attached hydrogens (tertiary/aromatic N) is 2. The Hall–Kier alpha value is -1.60. The van der Waals surface area contributed by atoms with E-state index in [4.69, 9.17) is 4.74 Å². The Bertz CT molecular complexity index is 647. The summed E-state index contributed by atoms with van der Waals surface area (Å²) in [5.74, 6) is -3.40. The normalized spacial score (nSPS) is 23.7. The van der Waals surface area contributed by atoms with E-state index in [0.29, 0.717) is 30.8 Å². The average molecular weight is 356 g/mol. The minimum absolute atomic E-state index is 0.0990. The molecular weight excluding hydrogens is 333 g/mol. The van der Waals surface area contributed by atoms with E-state index in [0.717, 1.165) is 0 Å². The standard InChI is InChI=1S/C18H23F3N2O2/c1-3-25-10-14-7-18(20,21)11-23(14)15-8-22(9-15)17(24)13-5-4-12(2)16(19)6-13/h4-6,14-15H,3,7-11H2,1-2H3/t14-/m0/s1. The highest BCUT2D eigenvalue weighted by atomic mass is 19.3. The van der Waals surface area contributed by atoms with Crippen LogP contribution >= 0.6 is 0 Å². The molecule has 0 bridgehead atoms. The maximum absolute atomic E-state index is 13.8. The summed E-state index contributed by atoms with van der Waals surface area (Å²) >= 11 is 0. The topological polar surface area (TPSA) is 32.8 Å². The lowest BCUT2D eigenvalue weighted by Gasteiger charge is -2.45. The molecule has 1 atom stereocenters. The third kappa shape index (κ3) is 3.82.